The van der Waals surface area contributed by atoms with Crippen LogP contribution in [0, 0.1) is 0 Å². The fourth-order valence-electron chi connectivity index (χ4n) is 3.04. The van der Waals surface area contributed by atoms with Crippen LogP contribution in [0.3, 0.4) is 0 Å². The number of carbonyl (C=O) groups excluding carboxylic acids is 1. The number of methoxy groups -OCH3 is 2. The molecule has 1 amide bonds. The van der Waals surface area contributed by atoms with E-state index in [-0.39, 0.29) is 18.4 Å². The van der Waals surface area contributed by atoms with E-state index in [4.69, 9.17) is 13.9 Å². The van der Waals surface area contributed by atoms with Gasteiger partial charge in [0.15, 0.2) is 0 Å². The van der Waals surface area contributed by atoms with Crippen molar-refractivity contribution in [1.82, 2.24) is 25.3 Å². The predicted octanol–water partition coefficient (Wildman–Crippen LogP) is 2.40. The van der Waals surface area contributed by atoms with Crippen molar-refractivity contribution in [3.8, 4) is 11.5 Å². The van der Waals surface area contributed by atoms with Crippen molar-refractivity contribution in [1.29, 1.82) is 0 Å². The van der Waals surface area contributed by atoms with Crippen LogP contribution in [0.4, 0.5) is 0 Å². The minimum atomic E-state index is -0.0443. The molecule has 0 bridgehead atoms. The van der Waals surface area contributed by atoms with Gasteiger partial charge in [-0.1, -0.05) is 0 Å². The Morgan fingerprint density at radius 1 is 1.23 bits per heavy atom. The summed E-state index contributed by atoms with van der Waals surface area (Å²) >= 11 is 0. The molecule has 3 rings (SSSR count). The van der Waals surface area contributed by atoms with Gasteiger partial charge in [-0.3, -0.25) is 9.48 Å². The van der Waals surface area contributed by atoms with Gasteiger partial charge in [0.1, 0.15) is 11.5 Å². The SMILES string of the molecule is COc1ccc(OC)c(Cc2nnc(CCC(=O)N[C@H](C)CCn3cccn3)o2)c1. The third-order valence-corrected chi connectivity index (χ3v) is 4.66. The molecule has 30 heavy (non-hydrogen) atoms. The van der Waals surface area contributed by atoms with Crippen LogP contribution in [0.2, 0.25) is 0 Å². The van der Waals surface area contributed by atoms with E-state index in [1.54, 1.807) is 20.4 Å². The molecule has 0 saturated heterocycles. The second kappa shape index (κ2) is 10.4. The van der Waals surface area contributed by atoms with E-state index in [1.807, 2.05) is 42.1 Å². The molecule has 0 unspecified atom stereocenters. The van der Waals surface area contributed by atoms with E-state index in [0.29, 0.717) is 24.6 Å². The Kier molecular flexibility index (Phi) is 7.42. The van der Waals surface area contributed by atoms with E-state index in [1.165, 1.54) is 0 Å². The van der Waals surface area contributed by atoms with Gasteiger partial charge < -0.3 is 19.2 Å². The summed E-state index contributed by atoms with van der Waals surface area (Å²) in [4.78, 5) is 12.2. The maximum atomic E-state index is 12.2. The van der Waals surface area contributed by atoms with Crippen molar-refractivity contribution in [2.75, 3.05) is 14.2 Å². The van der Waals surface area contributed by atoms with E-state index in [9.17, 15) is 4.79 Å². The molecule has 0 radical (unpaired) electrons. The van der Waals surface area contributed by atoms with E-state index in [0.717, 1.165) is 30.0 Å². The van der Waals surface area contributed by atoms with Gasteiger partial charge in [0, 0.05) is 43.4 Å². The number of amides is 1. The Labute approximate surface area is 175 Å². The summed E-state index contributed by atoms with van der Waals surface area (Å²) in [5, 5.41) is 15.3. The monoisotopic (exact) mass is 413 g/mol. The first kappa shape index (κ1) is 21.4. The number of carbonyl (C=O) groups is 1. The van der Waals surface area contributed by atoms with Gasteiger partial charge in [-0.15, -0.1) is 10.2 Å². The van der Waals surface area contributed by atoms with Gasteiger partial charge in [-0.05, 0) is 37.6 Å². The topological polar surface area (TPSA) is 104 Å². The molecular formula is C21H27N5O4. The summed E-state index contributed by atoms with van der Waals surface area (Å²) in [5.74, 6) is 2.30. The van der Waals surface area contributed by atoms with Crippen LogP contribution in [-0.4, -0.2) is 46.1 Å². The predicted molar refractivity (Wildman–Crippen MR) is 109 cm³/mol. The van der Waals surface area contributed by atoms with E-state index >= 15 is 0 Å². The quantitative estimate of drug-likeness (QED) is 0.515. The summed E-state index contributed by atoms with van der Waals surface area (Å²) < 4.78 is 18.2. The summed E-state index contributed by atoms with van der Waals surface area (Å²) in [6.07, 6.45) is 5.55. The number of benzene rings is 1. The molecule has 9 nitrogen and oxygen atoms in total. The first-order valence-corrected chi connectivity index (χ1v) is 9.86. The summed E-state index contributed by atoms with van der Waals surface area (Å²) in [6, 6.07) is 7.48. The molecule has 0 saturated carbocycles. The standard InChI is InChI=1S/C21H27N5O4/c1-15(9-12-26-11-4-10-22-26)23-19(27)7-8-20-24-25-21(30-20)14-16-13-17(28-2)5-6-18(16)29-3/h4-6,10-11,13,15H,7-9,12,14H2,1-3H3,(H,23,27)/t15-/m1/s1. The van der Waals surface area contributed by atoms with Crippen molar-refractivity contribution in [3.63, 3.8) is 0 Å². The number of rotatable bonds is 11. The van der Waals surface area contributed by atoms with Crippen LogP contribution in [0.15, 0.2) is 41.1 Å². The molecular weight excluding hydrogens is 386 g/mol. The molecule has 0 fully saturated rings. The molecule has 3 aromatic rings. The second-order valence-electron chi connectivity index (χ2n) is 6.97. The number of aryl methyl sites for hydroxylation is 2. The maximum Gasteiger partial charge on any atom is 0.221 e. The van der Waals surface area contributed by atoms with Crippen LogP contribution in [0.1, 0.15) is 37.1 Å². The normalized spacial score (nSPS) is 11.8. The molecule has 160 valence electrons. The Balaban J connectivity index is 1.46. The van der Waals surface area contributed by atoms with Crippen molar-refractivity contribution in [3.05, 3.63) is 54.0 Å². The zero-order valence-electron chi connectivity index (χ0n) is 17.5. The van der Waals surface area contributed by atoms with Gasteiger partial charge in [-0.2, -0.15) is 5.10 Å². The van der Waals surface area contributed by atoms with Crippen LogP contribution in [-0.2, 0) is 24.2 Å². The lowest BCUT2D eigenvalue weighted by Gasteiger charge is -2.13. The Morgan fingerprint density at radius 3 is 2.80 bits per heavy atom. The molecule has 9 heteroatoms. The highest BCUT2D eigenvalue weighted by atomic mass is 16.5. The smallest absolute Gasteiger partial charge is 0.221 e. The second-order valence-corrected chi connectivity index (χ2v) is 6.97. The maximum absolute atomic E-state index is 12.2. The number of hydrogen-bond acceptors (Lipinski definition) is 7. The van der Waals surface area contributed by atoms with Crippen LogP contribution < -0.4 is 14.8 Å². The lowest BCUT2D eigenvalue weighted by Crippen LogP contribution is -2.33. The molecule has 1 atom stereocenters. The van der Waals surface area contributed by atoms with Gasteiger partial charge in [0.25, 0.3) is 0 Å². The minimum absolute atomic E-state index is 0.0443. The molecule has 0 aliphatic carbocycles. The highest BCUT2D eigenvalue weighted by Gasteiger charge is 2.14. The Hall–Kier alpha value is -3.36. The van der Waals surface area contributed by atoms with Gasteiger partial charge in [0.05, 0.1) is 20.6 Å². The molecule has 0 spiro atoms. The van der Waals surface area contributed by atoms with Crippen LogP contribution in [0.5, 0.6) is 11.5 Å². The largest absolute Gasteiger partial charge is 0.497 e. The van der Waals surface area contributed by atoms with Gasteiger partial charge in [-0.25, -0.2) is 0 Å². The van der Waals surface area contributed by atoms with Crippen molar-refractivity contribution < 1.29 is 18.7 Å². The van der Waals surface area contributed by atoms with Crippen LogP contribution >= 0.6 is 0 Å². The number of aromatic nitrogens is 4. The van der Waals surface area contributed by atoms with Crippen molar-refractivity contribution in [2.24, 2.45) is 0 Å². The molecule has 0 aliphatic rings. The number of nitrogens with zero attached hydrogens (tertiary/aromatic N) is 4. The fourth-order valence-corrected chi connectivity index (χ4v) is 3.04. The molecule has 1 N–H and O–H groups in total. The summed E-state index contributed by atoms with van der Waals surface area (Å²) in [5.41, 5.74) is 0.885. The Morgan fingerprint density at radius 2 is 2.07 bits per heavy atom. The van der Waals surface area contributed by atoms with Crippen molar-refractivity contribution in [2.45, 2.75) is 45.2 Å². The lowest BCUT2D eigenvalue weighted by atomic mass is 10.1. The van der Waals surface area contributed by atoms with E-state index in [2.05, 4.69) is 20.6 Å². The number of nitrogens with one attached hydrogen (secondary N) is 1. The first-order valence-electron chi connectivity index (χ1n) is 9.86. The zero-order valence-corrected chi connectivity index (χ0v) is 17.5. The summed E-state index contributed by atoms with van der Waals surface area (Å²) in [7, 11) is 3.22. The van der Waals surface area contributed by atoms with Gasteiger partial charge >= 0.3 is 0 Å². The molecule has 1 aromatic carbocycles. The first-order chi connectivity index (χ1) is 14.6. The molecule has 2 aromatic heterocycles. The highest BCUT2D eigenvalue weighted by molar-refractivity contribution is 5.76. The Bertz CT molecular complexity index is 939. The van der Waals surface area contributed by atoms with E-state index < -0.39 is 0 Å². The number of hydrogen-bond donors (Lipinski definition) is 1. The third kappa shape index (κ3) is 6.07. The van der Waals surface area contributed by atoms with Crippen molar-refractivity contribution >= 4 is 5.91 Å². The molecule has 2 heterocycles. The fraction of sp³-hybridized carbons (Fsp3) is 0.429. The zero-order chi connectivity index (χ0) is 21.3. The minimum Gasteiger partial charge on any atom is -0.497 e. The third-order valence-electron chi connectivity index (χ3n) is 4.66. The van der Waals surface area contributed by atoms with Gasteiger partial charge in [0.2, 0.25) is 17.7 Å². The highest BCUT2D eigenvalue weighted by Crippen LogP contribution is 2.26. The summed E-state index contributed by atoms with van der Waals surface area (Å²) in [6.45, 7) is 2.74. The van der Waals surface area contributed by atoms with Crippen LogP contribution in [0.25, 0.3) is 0 Å². The number of ether oxygens (including phenoxy) is 2. The lowest BCUT2D eigenvalue weighted by molar-refractivity contribution is -0.121. The molecule has 0 aliphatic heterocycles. The average molecular weight is 413 g/mol. The average Bonchev–Trinajstić information content (AvgIpc) is 3.43.